The molecule has 2 rings (SSSR count). The van der Waals surface area contributed by atoms with Crippen molar-refractivity contribution in [3.05, 3.63) is 29.8 Å². The number of carbonyl (C=O) groups excluding carboxylic acids is 2. The van der Waals surface area contributed by atoms with E-state index >= 15 is 0 Å². The SMILES string of the molecule is CC(=O)Nc1cccc([C@H](C)NC(=O)CO[C@H]2CCCC[C@H]2C)c1. The average molecular weight is 332 g/mol. The minimum atomic E-state index is -0.140. The molecule has 0 heterocycles. The van der Waals surface area contributed by atoms with Crippen molar-refractivity contribution in [1.82, 2.24) is 5.32 Å². The Hall–Kier alpha value is -1.88. The number of hydrogen-bond donors (Lipinski definition) is 2. The predicted octanol–water partition coefficient (Wildman–Crippen LogP) is 3.42. The Bertz CT molecular complexity index is 573. The maximum absolute atomic E-state index is 12.1. The molecule has 0 bridgehead atoms. The van der Waals surface area contributed by atoms with Gasteiger partial charge in [-0.2, -0.15) is 0 Å². The molecule has 1 saturated carbocycles. The highest BCUT2D eigenvalue weighted by molar-refractivity contribution is 5.88. The number of ether oxygens (including phenoxy) is 1. The number of amides is 2. The zero-order valence-corrected chi connectivity index (χ0v) is 14.8. The van der Waals surface area contributed by atoms with E-state index in [1.165, 1.54) is 26.2 Å². The molecule has 1 aliphatic carbocycles. The van der Waals surface area contributed by atoms with Crippen LogP contribution in [0.25, 0.3) is 0 Å². The largest absolute Gasteiger partial charge is 0.368 e. The summed E-state index contributed by atoms with van der Waals surface area (Å²) in [6.45, 7) is 5.69. The number of carbonyl (C=O) groups is 2. The second-order valence-corrected chi connectivity index (χ2v) is 6.71. The Labute approximate surface area is 144 Å². The van der Waals surface area contributed by atoms with Gasteiger partial charge >= 0.3 is 0 Å². The monoisotopic (exact) mass is 332 g/mol. The number of nitrogens with one attached hydrogen (secondary N) is 2. The molecule has 1 aliphatic rings. The van der Waals surface area contributed by atoms with Crippen molar-refractivity contribution in [2.75, 3.05) is 11.9 Å². The maximum atomic E-state index is 12.1. The lowest BCUT2D eigenvalue weighted by Gasteiger charge is -2.28. The first-order valence-corrected chi connectivity index (χ1v) is 8.74. The zero-order valence-electron chi connectivity index (χ0n) is 14.8. The summed E-state index contributed by atoms with van der Waals surface area (Å²) < 4.78 is 5.80. The smallest absolute Gasteiger partial charge is 0.246 e. The van der Waals surface area contributed by atoms with E-state index in [-0.39, 0.29) is 30.6 Å². The molecule has 0 radical (unpaired) electrons. The molecule has 2 N–H and O–H groups in total. The van der Waals surface area contributed by atoms with Crippen molar-refractivity contribution in [2.45, 2.75) is 58.6 Å². The molecule has 0 unspecified atom stereocenters. The normalized spacial score (nSPS) is 21.8. The Morgan fingerprint density at radius 2 is 2.04 bits per heavy atom. The minimum Gasteiger partial charge on any atom is -0.368 e. The standard InChI is InChI=1S/C19H28N2O3/c1-13-7-4-5-10-18(13)24-12-19(23)20-14(2)16-8-6-9-17(11-16)21-15(3)22/h6,8-9,11,13-14,18H,4-5,7,10,12H2,1-3H3,(H,20,23)(H,21,22)/t13-,14+,18+/m1/s1. The van der Waals surface area contributed by atoms with Gasteiger partial charge in [-0.25, -0.2) is 0 Å². The number of anilines is 1. The van der Waals surface area contributed by atoms with Gasteiger partial charge in [0.15, 0.2) is 0 Å². The highest BCUT2D eigenvalue weighted by Crippen LogP contribution is 2.26. The van der Waals surface area contributed by atoms with Gasteiger partial charge in [-0.15, -0.1) is 0 Å². The lowest BCUT2D eigenvalue weighted by Crippen LogP contribution is -2.34. The van der Waals surface area contributed by atoms with Crippen LogP contribution in [0.3, 0.4) is 0 Å². The first kappa shape index (κ1) is 18.5. The number of benzene rings is 1. The van der Waals surface area contributed by atoms with E-state index in [9.17, 15) is 9.59 Å². The van der Waals surface area contributed by atoms with E-state index in [0.29, 0.717) is 5.92 Å². The van der Waals surface area contributed by atoms with Gasteiger partial charge in [-0.3, -0.25) is 9.59 Å². The third-order valence-corrected chi connectivity index (χ3v) is 4.55. The third-order valence-electron chi connectivity index (χ3n) is 4.55. The van der Waals surface area contributed by atoms with Crippen LogP contribution in [0.5, 0.6) is 0 Å². The molecule has 3 atom stereocenters. The lowest BCUT2D eigenvalue weighted by atomic mass is 9.88. The Kier molecular flexibility index (Phi) is 6.79. The van der Waals surface area contributed by atoms with Crippen LogP contribution in [0.2, 0.25) is 0 Å². The molecule has 1 aromatic rings. The summed E-state index contributed by atoms with van der Waals surface area (Å²) >= 11 is 0. The van der Waals surface area contributed by atoms with E-state index < -0.39 is 0 Å². The van der Waals surface area contributed by atoms with Gasteiger partial charge in [0.05, 0.1) is 12.1 Å². The fraction of sp³-hybridized carbons (Fsp3) is 0.579. The molecule has 1 fully saturated rings. The molecule has 2 amide bonds. The van der Waals surface area contributed by atoms with Gasteiger partial charge < -0.3 is 15.4 Å². The summed E-state index contributed by atoms with van der Waals surface area (Å²) in [5.41, 5.74) is 1.68. The van der Waals surface area contributed by atoms with E-state index in [1.807, 2.05) is 31.2 Å². The van der Waals surface area contributed by atoms with Crippen molar-refractivity contribution in [1.29, 1.82) is 0 Å². The van der Waals surface area contributed by atoms with Crippen LogP contribution < -0.4 is 10.6 Å². The second-order valence-electron chi connectivity index (χ2n) is 6.71. The highest BCUT2D eigenvalue weighted by atomic mass is 16.5. The zero-order chi connectivity index (χ0) is 17.5. The summed E-state index contributed by atoms with van der Waals surface area (Å²) in [5, 5.41) is 5.70. The maximum Gasteiger partial charge on any atom is 0.246 e. The molecule has 5 nitrogen and oxygen atoms in total. The third kappa shape index (κ3) is 5.64. The quantitative estimate of drug-likeness (QED) is 0.839. The Morgan fingerprint density at radius 3 is 2.75 bits per heavy atom. The van der Waals surface area contributed by atoms with Crippen LogP contribution in [0, 0.1) is 5.92 Å². The van der Waals surface area contributed by atoms with Gasteiger partial charge in [-0.05, 0) is 43.4 Å². The molecule has 0 aliphatic heterocycles. The number of hydrogen-bond acceptors (Lipinski definition) is 3. The summed E-state index contributed by atoms with van der Waals surface area (Å²) in [5.74, 6) is 0.308. The molecule has 1 aromatic carbocycles. The highest BCUT2D eigenvalue weighted by Gasteiger charge is 2.22. The van der Waals surface area contributed by atoms with Crippen molar-refractivity contribution in [2.24, 2.45) is 5.92 Å². The topological polar surface area (TPSA) is 67.4 Å². The summed E-state index contributed by atoms with van der Waals surface area (Å²) in [6, 6.07) is 7.35. The van der Waals surface area contributed by atoms with E-state index in [4.69, 9.17) is 4.74 Å². The van der Waals surface area contributed by atoms with Crippen LogP contribution in [-0.4, -0.2) is 24.5 Å². The Balaban J connectivity index is 1.83. The van der Waals surface area contributed by atoms with Crippen molar-refractivity contribution >= 4 is 17.5 Å². The van der Waals surface area contributed by atoms with Crippen LogP contribution in [0.1, 0.15) is 58.1 Å². The first-order chi connectivity index (χ1) is 11.5. The van der Waals surface area contributed by atoms with E-state index in [1.54, 1.807) is 0 Å². The summed E-state index contributed by atoms with van der Waals surface area (Å²) in [7, 11) is 0. The Morgan fingerprint density at radius 1 is 1.29 bits per heavy atom. The van der Waals surface area contributed by atoms with Crippen LogP contribution >= 0.6 is 0 Å². The van der Waals surface area contributed by atoms with Crippen LogP contribution in [0.4, 0.5) is 5.69 Å². The minimum absolute atomic E-state index is 0.102. The van der Waals surface area contributed by atoms with Crippen molar-refractivity contribution < 1.29 is 14.3 Å². The van der Waals surface area contributed by atoms with Crippen molar-refractivity contribution in [3.8, 4) is 0 Å². The molecule has 0 aromatic heterocycles. The summed E-state index contributed by atoms with van der Waals surface area (Å²) in [4.78, 5) is 23.3. The molecule has 0 spiro atoms. The molecule has 24 heavy (non-hydrogen) atoms. The summed E-state index contributed by atoms with van der Waals surface area (Å²) in [6.07, 6.45) is 4.86. The fourth-order valence-corrected chi connectivity index (χ4v) is 3.17. The van der Waals surface area contributed by atoms with E-state index in [2.05, 4.69) is 17.6 Å². The second kappa shape index (κ2) is 8.83. The van der Waals surface area contributed by atoms with Crippen molar-refractivity contribution in [3.63, 3.8) is 0 Å². The molecule has 132 valence electrons. The van der Waals surface area contributed by atoms with Gasteiger partial charge in [-0.1, -0.05) is 31.9 Å². The molecular formula is C19H28N2O3. The van der Waals surface area contributed by atoms with E-state index in [0.717, 1.165) is 17.7 Å². The van der Waals surface area contributed by atoms with Gasteiger partial charge in [0.1, 0.15) is 6.61 Å². The fourth-order valence-electron chi connectivity index (χ4n) is 3.17. The van der Waals surface area contributed by atoms with Gasteiger partial charge in [0.2, 0.25) is 11.8 Å². The number of rotatable bonds is 6. The average Bonchev–Trinajstić information content (AvgIpc) is 2.53. The van der Waals surface area contributed by atoms with Crippen LogP contribution in [0.15, 0.2) is 24.3 Å². The molecule has 0 saturated heterocycles. The van der Waals surface area contributed by atoms with Crippen LogP contribution in [-0.2, 0) is 14.3 Å². The first-order valence-electron chi connectivity index (χ1n) is 8.74. The molecular weight excluding hydrogens is 304 g/mol. The molecule has 5 heteroatoms. The van der Waals surface area contributed by atoms with Gasteiger partial charge in [0, 0.05) is 12.6 Å². The van der Waals surface area contributed by atoms with Gasteiger partial charge in [0.25, 0.3) is 0 Å². The lowest BCUT2D eigenvalue weighted by molar-refractivity contribution is -0.130. The predicted molar refractivity (Wildman–Crippen MR) is 94.7 cm³/mol.